The number of hydrogen-bond acceptors (Lipinski definition) is 5. The first-order valence-corrected chi connectivity index (χ1v) is 11.2. The zero-order valence-electron chi connectivity index (χ0n) is 18.8. The van der Waals surface area contributed by atoms with Crippen LogP contribution in [-0.4, -0.2) is 30.6 Å². The van der Waals surface area contributed by atoms with Crippen molar-refractivity contribution >= 4 is 11.6 Å². The first-order valence-electron chi connectivity index (χ1n) is 11.2. The molecule has 4 aromatic rings. The minimum atomic E-state index is -4.59. The Morgan fingerprint density at radius 2 is 1.81 bits per heavy atom. The molecule has 1 N–H and O–H groups in total. The molecule has 0 saturated heterocycles. The van der Waals surface area contributed by atoms with Crippen LogP contribution in [0.1, 0.15) is 41.4 Å². The van der Waals surface area contributed by atoms with E-state index in [1.165, 1.54) is 12.1 Å². The summed E-state index contributed by atoms with van der Waals surface area (Å²) < 4.78 is 55.1. The second-order valence-corrected chi connectivity index (χ2v) is 8.62. The highest BCUT2D eigenvalue weighted by atomic mass is 19.4. The predicted octanol–water partition coefficient (Wildman–Crippen LogP) is 5.00. The number of anilines is 1. The van der Waals surface area contributed by atoms with Crippen molar-refractivity contribution in [2.45, 2.75) is 37.9 Å². The summed E-state index contributed by atoms with van der Waals surface area (Å²) in [6.07, 6.45) is 6.68. The van der Waals surface area contributed by atoms with Gasteiger partial charge in [-0.25, -0.2) is 14.4 Å². The van der Waals surface area contributed by atoms with Gasteiger partial charge in [0.1, 0.15) is 11.6 Å². The smallest absolute Gasteiger partial charge is 0.324 e. The van der Waals surface area contributed by atoms with Crippen LogP contribution in [0, 0.1) is 5.82 Å². The molecule has 1 aromatic carbocycles. The van der Waals surface area contributed by atoms with Gasteiger partial charge in [0, 0.05) is 36.8 Å². The van der Waals surface area contributed by atoms with Crippen molar-refractivity contribution in [3.63, 3.8) is 0 Å². The molecule has 0 aliphatic heterocycles. The van der Waals surface area contributed by atoms with E-state index < -0.39 is 23.5 Å². The van der Waals surface area contributed by atoms with Gasteiger partial charge in [-0.1, -0.05) is 12.1 Å². The SMILES string of the molecule is O=C(Cc1ccc(-c2cnc(Cc3cnn(C4CC4)c3)nc2)cc1F)Nc1cncc(C(F)(F)F)c1. The monoisotopic (exact) mass is 496 g/mol. The number of hydrogen-bond donors (Lipinski definition) is 1. The highest BCUT2D eigenvalue weighted by molar-refractivity contribution is 5.92. The number of aromatic nitrogens is 5. The van der Waals surface area contributed by atoms with E-state index in [-0.39, 0.29) is 17.7 Å². The number of rotatable bonds is 7. The average Bonchev–Trinajstić information content (AvgIpc) is 3.59. The van der Waals surface area contributed by atoms with Gasteiger partial charge < -0.3 is 5.32 Å². The van der Waals surface area contributed by atoms with Crippen molar-refractivity contribution in [3.8, 4) is 11.1 Å². The Labute approximate surface area is 203 Å². The van der Waals surface area contributed by atoms with Gasteiger partial charge in [-0.05, 0) is 41.7 Å². The molecule has 5 rings (SSSR count). The van der Waals surface area contributed by atoms with Gasteiger partial charge in [-0.15, -0.1) is 0 Å². The maximum Gasteiger partial charge on any atom is 0.417 e. The fourth-order valence-corrected chi connectivity index (χ4v) is 3.70. The summed E-state index contributed by atoms with van der Waals surface area (Å²) in [6, 6.07) is 5.63. The summed E-state index contributed by atoms with van der Waals surface area (Å²) in [4.78, 5) is 24.5. The van der Waals surface area contributed by atoms with E-state index in [1.807, 2.05) is 17.1 Å². The van der Waals surface area contributed by atoms with E-state index in [4.69, 9.17) is 0 Å². The van der Waals surface area contributed by atoms with E-state index in [0.717, 1.165) is 30.7 Å². The molecule has 7 nitrogen and oxygen atoms in total. The van der Waals surface area contributed by atoms with Crippen LogP contribution < -0.4 is 5.32 Å². The Kier molecular flexibility index (Phi) is 6.21. The molecule has 3 aromatic heterocycles. The number of pyridine rings is 1. The Bertz CT molecular complexity index is 1400. The number of halogens is 4. The zero-order valence-corrected chi connectivity index (χ0v) is 18.8. The van der Waals surface area contributed by atoms with Gasteiger partial charge in [-0.2, -0.15) is 18.3 Å². The van der Waals surface area contributed by atoms with Crippen molar-refractivity contribution in [1.82, 2.24) is 24.7 Å². The van der Waals surface area contributed by atoms with Crippen molar-refractivity contribution < 1.29 is 22.4 Å². The molecule has 0 unspecified atom stereocenters. The van der Waals surface area contributed by atoms with Crippen molar-refractivity contribution in [2.24, 2.45) is 0 Å². The second-order valence-electron chi connectivity index (χ2n) is 8.62. The summed E-state index contributed by atoms with van der Waals surface area (Å²) in [5.74, 6) is -0.672. The molecule has 1 amide bonds. The third kappa shape index (κ3) is 5.56. The number of benzene rings is 1. The molecule has 36 heavy (non-hydrogen) atoms. The Morgan fingerprint density at radius 1 is 1.03 bits per heavy atom. The second kappa shape index (κ2) is 9.48. The van der Waals surface area contributed by atoms with Crippen LogP contribution in [0.2, 0.25) is 0 Å². The van der Waals surface area contributed by atoms with Gasteiger partial charge >= 0.3 is 6.18 Å². The summed E-state index contributed by atoms with van der Waals surface area (Å²) in [5, 5.41) is 6.68. The largest absolute Gasteiger partial charge is 0.417 e. The van der Waals surface area contributed by atoms with Crippen molar-refractivity contribution in [3.05, 3.63) is 89.8 Å². The molecule has 0 spiro atoms. The standard InChI is InChI=1S/C25H20F4N6O/c26-22-6-16(18-10-31-23(32-11-18)5-15-9-33-35(14-15)21-3-4-21)1-2-17(22)7-24(36)34-20-8-19(12-30-13-20)25(27,28)29/h1-2,6,8-14,21H,3-5,7H2,(H,34,36). The fraction of sp³-hybridized carbons (Fsp3) is 0.240. The first-order chi connectivity index (χ1) is 17.2. The maximum atomic E-state index is 14.7. The number of carbonyl (C=O) groups excluding carboxylic acids is 1. The van der Waals surface area contributed by atoms with E-state index in [9.17, 15) is 22.4 Å². The lowest BCUT2D eigenvalue weighted by Gasteiger charge is -2.10. The van der Waals surface area contributed by atoms with E-state index in [0.29, 0.717) is 35.6 Å². The van der Waals surface area contributed by atoms with Crippen LogP contribution in [0.3, 0.4) is 0 Å². The summed E-state index contributed by atoms with van der Waals surface area (Å²) in [6.45, 7) is 0. The zero-order chi connectivity index (χ0) is 25.3. The molecule has 0 atom stereocenters. The fourth-order valence-electron chi connectivity index (χ4n) is 3.70. The van der Waals surface area contributed by atoms with Crippen LogP contribution in [0.4, 0.5) is 23.2 Å². The predicted molar refractivity (Wildman–Crippen MR) is 122 cm³/mol. The Morgan fingerprint density at radius 3 is 2.50 bits per heavy atom. The number of alkyl halides is 3. The summed E-state index contributed by atoms with van der Waals surface area (Å²) in [5.41, 5.74) is 1.15. The number of carbonyl (C=O) groups is 1. The molecule has 1 saturated carbocycles. The highest BCUT2D eigenvalue weighted by Crippen LogP contribution is 2.34. The van der Waals surface area contributed by atoms with Crippen LogP contribution in [0.25, 0.3) is 11.1 Å². The Balaban J connectivity index is 1.22. The van der Waals surface area contributed by atoms with Gasteiger partial charge in [0.25, 0.3) is 0 Å². The molecule has 0 bridgehead atoms. The molecule has 11 heteroatoms. The lowest BCUT2D eigenvalue weighted by atomic mass is 10.0. The van der Waals surface area contributed by atoms with Gasteiger partial charge in [0.05, 0.1) is 36.1 Å². The lowest BCUT2D eigenvalue weighted by Crippen LogP contribution is -2.16. The van der Waals surface area contributed by atoms with Gasteiger partial charge in [0.15, 0.2) is 0 Å². The van der Waals surface area contributed by atoms with Gasteiger partial charge in [0.2, 0.25) is 5.91 Å². The number of amides is 1. The van der Waals surface area contributed by atoms with Crippen LogP contribution in [0.5, 0.6) is 0 Å². The topological polar surface area (TPSA) is 85.6 Å². The van der Waals surface area contributed by atoms with E-state index in [1.54, 1.807) is 18.5 Å². The van der Waals surface area contributed by atoms with Crippen molar-refractivity contribution in [1.29, 1.82) is 0 Å². The summed E-state index contributed by atoms with van der Waals surface area (Å²) in [7, 11) is 0. The third-order valence-corrected chi connectivity index (χ3v) is 5.73. The van der Waals surface area contributed by atoms with E-state index in [2.05, 4.69) is 25.4 Å². The normalized spacial score (nSPS) is 13.6. The lowest BCUT2D eigenvalue weighted by molar-refractivity contribution is -0.137. The van der Waals surface area contributed by atoms with Crippen LogP contribution >= 0.6 is 0 Å². The molecular formula is C25H20F4N6O. The highest BCUT2D eigenvalue weighted by Gasteiger charge is 2.31. The quantitative estimate of drug-likeness (QED) is 0.364. The molecular weight excluding hydrogens is 476 g/mol. The summed E-state index contributed by atoms with van der Waals surface area (Å²) >= 11 is 0. The Hall–Kier alpha value is -4.15. The minimum absolute atomic E-state index is 0.0985. The molecule has 1 fully saturated rings. The molecule has 1 aliphatic carbocycles. The average molecular weight is 496 g/mol. The van der Waals surface area contributed by atoms with E-state index >= 15 is 0 Å². The third-order valence-electron chi connectivity index (χ3n) is 5.73. The van der Waals surface area contributed by atoms with Crippen LogP contribution in [-0.2, 0) is 23.8 Å². The van der Waals surface area contributed by atoms with Crippen LogP contribution in [0.15, 0.2) is 61.4 Å². The van der Waals surface area contributed by atoms with Crippen molar-refractivity contribution in [2.75, 3.05) is 5.32 Å². The molecule has 1 aliphatic rings. The maximum absolute atomic E-state index is 14.7. The number of nitrogens with one attached hydrogen (secondary N) is 1. The number of nitrogens with zero attached hydrogens (tertiary/aromatic N) is 5. The molecule has 184 valence electrons. The molecule has 3 heterocycles. The van der Waals surface area contributed by atoms with Gasteiger partial charge in [-0.3, -0.25) is 14.5 Å². The molecule has 0 radical (unpaired) electrons. The minimum Gasteiger partial charge on any atom is -0.324 e. The first kappa shape index (κ1) is 23.6.